The van der Waals surface area contributed by atoms with Gasteiger partial charge in [-0.15, -0.1) is 69.6 Å². The molecule has 0 spiro atoms. The van der Waals surface area contributed by atoms with Crippen molar-refractivity contribution in [3.05, 3.63) is 0 Å². The summed E-state index contributed by atoms with van der Waals surface area (Å²) in [4.78, 5) is -6.87. The summed E-state index contributed by atoms with van der Waals surface area (Å²) in [7, 11) is 0. The molecule has 0 aliphatic heterocycles. The van der Waals surface area contributed by atoms with Gasteiger partial charge >= 0.3 is 0 Å². The van der Waals surface area contributed by atoms with Crippen molar-refractivity contribution in [3.8, 4) is 0 Å². The van der Waals surface area contributed by atoms with Crippen molar-refractivity contribution >= 4 is 92.8 Å². The monoisotopic (exact) mass is 419 g/mol. The summed E-state index contributed by atoms with van der Waals surface area (Å²) in [5.74, 6) is -0.546. The maximum atomic E-state index is 6.77. The van der Waals surface area contributed by atoms with Crippen molar-refractivity contribution in [2.75, 3.05) is 6.54 Å². The molecule has 0 radical (unpaired) electrons. The number of rotatable bonds is 1. The van der Waals surface area contributed by atoms with Gasteiger partial charge in [-0.1, -0.05) is 23.2 Å². The van der Waals surface area contributed by atoms with Crippen LogP contribution in [0.5, 0.6) is 0 Å². The topological polar surface area (TPSA) is 26.0 Å². The van der Waals surface area contributed by atoms with E-state index in [0.29, 0.717) is 0 Å². The predicted molar refractivity (Wildman–Crippen MR) is 80.9 cm³/mol. The first-order valence-corrected chi connectivity index (χ1v) is 8.66. The molecule has 0 aromatic rings. The minimum atomic E-state index is -1.44. The highest BCUT2D eigenvalue weighted by atomic mass is 35.5. The predicted octanol–water partition coefficient (Wildman–Crippen LogP) is 3.66. The summed E-state index contributed by atoms with van der Waals surface area (Å²) >= 11 is 53.3. The van der Waals surface area contributed by atoms with Gasteiger partial charge in [-0.25, -0.2) is 0 Å². The summed E-state index contributed by atoms with van der Waals surface area (Å²) in [5.41, 5.74) is 5.12. The van der Waals surface area contributed by atoms with Gasteiger partial charge in [0, 0.05) is 17.9 Å². The van der Waals surface area contributed by atoms with E-state index in [4.69, 9.17) is 98.5 Å². The third-order valence-corrected chi connectivity index (χ3v) is 13.6. The van der Waals surface area contributed by atoms with Crippen LogP contribution in [-0.2, 0) is 0 Å². The number of hydrogen-bond donors (Lipinski definition) is 1. The van der Waals surface area contributed by atoms with Gasteiger partial charge in [0.25, 0.3) is 0 Å². The van der Waals surface area contributed by atoms with Gasteiger partial charge in [-0.05, 0) is 0 Å². The minimum absolute atomic E-state index is 0.166. The Kier molecular flexibility index (Phi) is 1.84. The van der Waals surface area contributed by atoms with Gasteiger partial charge in [0.1, 0.15) is 23.8 Å². The van der Waals surface area contributed by atoms with Crippen molar-refractivity contribution in [1.82, 2.24) is 0 Å². The second-order valence-electron chi connectivity index (χ2n) is 6.22. The fourth-order valence-corrected chi connectivity index (χ4v) is 13.9. The Morgan fingerprint density at radius 2 is 1.11 bits per heavy atom. The van der Waals surface area contributed by atoms with E-state index in [1.165, 1.54) is 0 Å². The van der Waals surface area contributed by atoms with Gasteiger partial charge in [-0.3, -0.25) is 0 Å². The highest BCUT2D eigenvalue weighted by Gasteiger charge is 3.32. The molecule has 9 heteroatoms. The number of nitrogens with two attached hydrogens (primary N) is 1. The summed E-state index contributed by atoms with van der Waals surface area (Å²) in [6.07, 6.45) is 0. The van der Waals surface area contributed by atoms with Crippen LogP contribution in [0.25, 0.3) is 0 Å². The maximum Gasteiger partial charge on any atom is 0.147 e. The smallest absolute Gasteiger partial charge is 0.147 e. The lowest BCUT2D eigenvalue weighted by Gasteiger charge is -3.05. The molecule has 106 valence electrons. The molecule has 4 atom stereocenters. The van der Waals surface area contributed by atoms with E-state index < -0.39 is 44.9 Å². The Morgan fingerprint density at radius 3 is 1.47 bits per heavy atom. The fourth-order valence-electron chi connectivity index (χ4n) is 6.39. The third kappa shape index (κ3) is 0.528. The van der Waals surface area contributed by atoms with Crippen molar-refractivity contribution in [1.29, 1.82) is 0 Å². The average molecular weight is 423 g/mol. The summed E-state index contributed by atoms with van der Waals surface area (Å²) in [6.45, 7) is 0.166. The SMILES string of the molecule is NCC12C3(Cl)[C@]4(Cl)C5(Cl)C(Cl)(Cl)C([C@]14Cl)[C@@]2(Cl)[C@@]53Cl. The van der Waals surface area contributed by atoms with Crippen LogP contribution in [0, 0.1) is 11.3 Å². The highest BCUT2D eigenvalue weighted by Crippen LogP contribution is 3.16. The Labute approximate surface area is 149 Å². The van der Waals surface area contributed by atoms with Crippen LogP contribution >= 0.6 is 92.8 Å². The molecule has 6 aliphatic carbocycles. The van der Waals surface area contributed by atoms with E-state index in [1.54, 1.807) is 0 Å². The second kappa shape index (κ2) is 2.56. The lowest BCUT2D eigenvalue weighted by Crippen LogP contribution is -3.23. The molecule has 0 amide bonds. The number of hydrogen-bond acceptors (Lipinski definition) is 1. The van der Waals surface area contributed by atoms with E-state index in [2.05, 4.69) is 0 Å². The van der Waals surface area contributed by atoms with Crippen LogP contribution in [0.3, 0.4) is 0 Å². The van der Waals surface area contributed by atoms with E-state index in [9.17, 15) is 0 Å². The Balaban J connectivity index is 1.95. The molecule has 0 heterocycles. The highest BCUT2D eigenvalue weighted by molar-refractivity contribution is 6.72. The summed E-state index contributed by atoms with van der Waals surface area (Å²) in [5, 5.41) is 0. The maximum absolute atomic E-state index is 6.77. The van der Waals surface area contributed by atoms with E-state index >= 15 is 0 Å². The summed E-state index contributed by atoms with van der Waals surface area (Å²) < 4.78 is -1.44. The first-order chi connectivity index (χ1) is 8.43. The standard InChI is InChI=1S/C10H5Cl8N/c11-4-2-5(12)3(4,1-19)7(15)8(4,16)10(18,6(2,13)14)9(5,7)17/h2H,1,19H2/t2?,3?,4-,5-,7?,8-,9-,10?/m0/s1. The van der Waals surface area contributed by atoms with Crippen LogP contribution < -0.4 is 5.73 Å². The van der Waals surface area contributed by atoms with Gasteiger partial charge in [0.2, 0.25) is 0 Å². The van der Waals surface area contributed by atoms with Gasteiger partial charge < -0.3 is 5.73 Å². The molecular formula is C10H5Cl8N. The Hall–Kier alpha value is 2.28. The molecule has 2 bridgehead atoms. The molecule has 6 saturated carbocycles. The molecule has 6 fully saturated rings. The second-order valence-corrected chi connectivity index (χ2v) is 11.1. The van der Waals surface area contributed by atoms with Crippen LogP contribution in [0.15, 0.2) is 0 Å². The molecule has 0 aromatic heterocycles. The molecule has 1 nitrogen and oxygen atoms in total. The van der Waals surface area contributed by atoms with Crippen molar-refractivity contribution in [3.63, 3.8) is 0 Å². The largest absolute Gasteiger partial charge is 0.330 e. The van der Waals surface area contributed by atoms with Gasteiger partial charge in [0.15, 0.2) is 0 Å². The van der Waals surface area contributed by atoms with Crippen molar-refractivity contribution in [2.45, 2.75) is 33.6 Å². The van der Waals surface area contributed by atoms with Crippen molar-refractivity contribution in [2.24, 2.45) is 17.1 Å². The number of alkyl halides is 8. The molecule has 19 heavy (non-hydrogen) atoms. The zero-order chi connectivity index (χ0) is 14.3. The van der Waals surface area contributed by atoms with E-state index in [-0.39, 0.29) is 6.54 Å². The lowest BCUT2D eigenvalue weighted by atomic mass is 9.10. The molecule has 0 saturated heterocycles. The van der Waals surface area contributed by atoms with E-state index in [1.807, 2.05) is 0 Å². The normalized spacial score (nSPS) is 83.5. The van der Waals surface area contributed by atoms with Crippen LogP contribution in [0.4, 0.5) is 0 Å². The van der Waals surface area contributed by atoms with Gasteiger partial charge in [-0.2, -0.15) is 0 Å². The number of halogens is 8. The molecule has 0 unspecified atom stereocenters. The minimum Gasteiger partial charge on any atom is -0.330 e. The summed E-state index contributed by atoms with van der Waals surface area (Å²) in [6, 6.07) is 0. The first-order valence-electron chi connectivity index (χ1n) is 5.64. The molecule has 6 aliphatic rings. The first kappa shape index (κ1) is 13.7. The molecular weight excluding hydrogens is 418 g/mol. The Bertz CT molecular complexity index is 574. The quantitative estimate of drug-likeness (QED) is 0.641. The zero-order valence-corrected chi connectivity index (χ0v) is 14.9. The molecule has 0 aromatic carbocycles. The average Bonchev–Trinajstić information content (AvgIpc) is 2.41. The van der Waals surface area contributed by atoms with Crippen LogP contribution in [-0.4, -0.2) is 40.1 Å². The lowest BCUT2D eigenvalue weighted by molar-refractivity contribution is -0.347. The Morgan fingerprint density at radius 1 is 0.684 bits per heavy atom. The molecule has 2 N–H and O–H groups in total. The van der Waals surface area contributed by atoms with Crippen LogP contribution in [0.1, 0.15) is 0 Å². The van der Waals surface area contributed by atoms with Gasteiger partial charge in [0.05, 0.1) is 9.75 Å². The van der Waals surface area contributed by atoms with Crippen molar-refractivity contribution < 1.29 is 0 Å². The zero-order valence-electron chi connectivity index (χ0n) is 8.89. The molecule has 6 rings (SSSR count). The van der Waals surface area contributed by atoms with E-state index in [0.717, 1.165) is 0 Å². The fraction of sp³-hybridized carbons (Fsp3) is 1.00. The van der Waals surface area contributed by atoms with Crippen LogP contribution in [0.2, 0.25) is 0 Å². The third-order valence-electron chi connectivity index (χ3n) is 6.66.